The summed E-state index contributed by atoms with van der Waals surface area (Å²) in [6.45, 7) is 2.86. The molecule has 1 N–H and O–H groups in total. The van der Waals surface area contributed by atoms with Crippen molar-refractivity contribution < 1.29 is 4.79 Å². The number of amides is 1. The van der Waals surface area contributed by atoms with E-state index < -0.39 is 0 Å². The van der Waals surface area contributed by atoms with Crippen LogP contribution in [0.1, 0.15) is 51.9 Å². The minimum Gasteiger partial charge on any atom is -0.354 e. The van der Waals surface area contributed by atoms with Crippen LogP contribution in [0.4, 0.5) is 0 Å². The van der Waals surface area contributed by atoms with E-state index in [9.17, 15) is 4.79 Å². The van der Waals surface area contributed by atoms with Gasteiger partial charge in [0.05, 0.1) is 0 Å². The van der Waals surface area contributed by atoms with Crippen molar-refractivity contribution in [1.29, 1.82) is 0 Å². The Bertz CT molecular complexity index is 225. The number of likely N-dealkylation sites (N-methyl/N-ethyl adjacent to an activating group) is 1. The van der Waals surface area contributed by atoms with Gasteiger partial charge in [0.25, 0.3) is 0 Å². The number of carbonyl (C=O) groups is 1. The fourth-order valence-corrected chi connectivity index (χ4v) is 2.57. The molecule has 102 valence electrons. The molecule has 0 bridgehead atoms. The minimum atomic E-state index is 0. The first-order valence-electron chi connectivity index (χ1n) is 6.55. The standard InChI is InChI=1S/C13H26N2O.ClH/c1-4-8-12(16)14-11-13(15(2)3)9-6-5-7-10-13;/h4-11H2,1-3H3,(H,14,16);1H. The molecular formula is C13H27ClN2O. The molecule has 1 amide bonds. The van der Waals surface area contributed by atoms with Crippen LogP contribution in [0, 0.1) is 0 Å². The topological polar surface area (TPSA) is 32.3 Å². The normalized spacial score (nSPS) is 18.6. The summed E-state index contributed by atoms with van der Waals surface area (Å²) in [6, 6.07) is 0. The van der Waals surface area contributed by atoms with Crippen molar-refractivity contribution in [2.75, 3.05) is 20.6 Å². The van der Waals surface area contributed by atoms with Crippen LogP contribution in [0.2, 0.25) is 0 Å². The molecule has 3 nitrogen and oxygen atoms in total. The lowest BCUT2D eigenvalue weighted by Gasteiger charge is -2.43. The second kappa shape index (κ2) is 7.93. The number of nitrogens with one attached hydrogen (secondary N) is 1. The van der Waals surface area contributed by atoms with Gasteiger partial charge in [-0.3, -0.25) is 4.79 Å². The highest BCUT2D eigenvalue weighted by Crippen LogP contribution is 2.31. The molecule has 0 aromatic heterocycles. The summed E-state index contributed by atoms with van der Waals surface area (Å²) in [4.78, 5) is 13.8. The summed E-state index contributed by atoms with van der Waals surface area (Å²) in [6.07, 6.45) is 7.95. The van der Waals surface area contributed by atoms with Crippen LogP contribution in [0.25, 0.3) is 0 Å². The lowest BCUT2D eigenvalue weighted by atomic mass is 9.80. The lowest BCUT2D eigenvalue weighted by Crippen LogP contribution is -2.53. The zero-order valence-corrected chi connectivity index (χ0v) is 12.2. The van der Waals surface area contributed by atoms with Gasteiger partial charge >= 0.3 is 0 Å². The van der Waals surface area contributed by atoms with Crippen LogP contribution < -0.4 is 5.32 Å². The van der Waals surface area contributed by atoms with Crippen molar-refractivity contribution in [2.24, 2.45) is 0 Å². The highest BCUT2D eigenvalue weighted by Gasteiger charge is 2.34. The summed E-state index contributed by atoms with van der Waals surface area (Å²) in [5, 5.41) is 3.09. The fourth-order valence-electron chi connectivity index (χ4n) is 2.57. The number of rotatable bonds is 5. The third-order valence-corrected chi connectivity index (χ3v) is 3.82. The Balaban J connectivity index is 0.00000256. The average molecular weight is 263 g/mol. The van der Waals surface area contributed by atoms with Gasteiger partial charge in [0.1, 0.15) is 0 Å². The van der Waals surface area contributed by atoms with Gasteiger partial charge in [-0.15, -0.1) is 12.4 Å². The maximum absolute atomic E-state index is 11.5. The van der Waals surface area contributed by atoms with Crippen molar-refractivity contribution in [3.8, 4) is 0 Å². The molecule has 0 saturated heterocycles. The first kappa shape index (κ1) is 16.7. The molecule has 0 aromatic rings. The molecule has 4 heteroatoms. The van der Waals surface area contributed by atoms with Crippen LogP contribution in [0.15, 0.2) is 0 Å². The van der Waals surface area contributed by atoms with Gasteiger partial charge in [0.15, 0.2) is 0 Å². The Kier molecular flexibility index (Phi) is 7.80. The number of hydrogen-bond donors (Lipinski definition) is 1. The van der Waals surface area contributed by atoms with Crippen LogP contribution in [0.5, 0.6) is 0 Å². The van der Waals surface area contributed by atoms with Gasteiger partial charge in [-0.05, 0) is 33.4 Å². The van der Waals surface area contributed by atoms with E-state index >= 15 is 0 Å². The predicted octanol–water partition coefficient (Wildman–Crippen LogP) is 2.59. The van der Waals surface area contributed by atoms with E-state index in [1.807, 2.05) is 6.92 Å². The van der Waals surface area contributed by atoms with Crippen LogP contribution in [-0.2, 0) is 4.79 Å². The molecule has 1 aliphatic carbocycles. The molecule has 0 aliphatic heterocycles. The van der Waals surface area contributed by atoms with E-state index in [-0.39, 0.29) is 23.9 Å². The quantitative estimate of drug-likeness (QED) is 0.826. The molecule has 1 aliphatic rings. The van der Waals surface area contributed by atoms with Crippen molar-refractivity contribution >= 4 is 18.3 Å². The molecule has 1 rings (SSSR count). The molecule has 0 heterocycles. The Labute approximate surface area is 112 Å². The van der Waals surface area contributed by atoms with Crippen LogP contribution >= 0.6 is 12.4 Å². The number of nitrogens with zero attached hydrogens (tertiary/aromatic N) is 1. The Morgan fingerprint density at radius 2 is 1.82 bits per heavy atom. The van der Waals surface area contributed by atoms with E-state index in [0.29, 0.717) is 6.42 Å². The van der Waals surface area contributed by atoms with E-state index in [1.165, 1.54) is 32.1 Å². The van der Waals surface area contributed by atoms with Crippen molar-refractivity contribution in [2.45, 2.75) is 57.4 Å². The zero-order chi connectivity index (χ0) is 12.0. The lowest BCUT2D eigenvalue weighted by molar-refractivity contribution is -0.121. The highest BCUT2D eigenvalue weighted by atomic mass is 35.5. The van der Waals surface area contributed by atoms with Gasteiger partial charge in [0, 0.05) is 18.5 Å². The van der Waals surface area contributed by atoms with Gasteiger partial charge in [-0.25, -0.2) is 0 Å². The van der Waals surface area contributed by atoms with Crippen molar-refractivity contribution in [3.05, 3.63) is 0 Å². The summed E-state index contributed by atoms with van der Waals surface area (Å²) in [5.74, 6) is 0.203. The minimum absolute atomic E-state index is 0. The molecule has 0 spiro atoms. The van der Waals surface area contributed by atoms with E-state index in [2.05, 4.69) is 24.3 Å². The van der Waals surface area contributed by atoms with Crippen molar-refractivity contribution in [1.82, 2.24) is 10.2 Å². The average Bonchev–Trinajstić information content (AvgIpc) is 2.28. The Morgan fingerprint density at radius 1 is 1.24 bits per heavy atom. The third kappa shape index (κ3) is 4.84. The van der Waals surface area contributed by atoms with Gasteiger partial charge in [-0.2, -0.15) is 0 Å². The van der Waals surface area contributed by atoms with Gasteiger partial charge in [0.2, 0.25) is 5.91 Å². The molecule has 17 heavy (non-hydrogen) atoms. The maximum Gasteiger partial charge on any atom is 0.220 e. The first-order chi connectivity index (χ1) is 7.60. The Morgan fingerprint density at radius 3 is 2.29 bits per heavy atom. The molecule has 0 unspecified atom stereocenters. The Hall–Kier alpha value is -0.280. The van der Waals surface area contributed by atoms with Crippen LogP contribution in [0.3, 0.4) is 0 Å². The predicted molar refractivity (Wildman–Crippen MR) is 74.7 cm³/mol. The SMILES string of the molecule is CCCC(=O)NCC1(N(C)C)CCCCC1.Cl. The van der Waals surface area contributed by atoms with E-state index in [0.717, 1.165) is 13.0 Å². The second-order valence-corrected chi connectivity index (χ2v) is 5.21. The molecular weight excluding hydrogens is 236 g/mol. The number of carbonyl (C=O) groups excluding carboxylic acids is 1. The first-order valence-corrected chi connectivity index (χ1v) is 6.55. The summed E-state index contributed by atoms with van der Waals surface area (Å²) in [5.41, 5.74) is 0.210. The molecule has 0 atom stereocenters. The third-order valence-electron chi connectivity index (χ3n) is 3.82. The second-order valence-electron chi connectivity index (χ2n) is 5.21. The van der Waals surface area contributed by atoms with Crippen molar-refractivity contribution in [3.63, 3.8) is 0 Å². The van der Waals surface area contributed by atoms with E-state index in [1.54, 1.807) is 0 Å². The largest absolute Gasteiger partial charge is 0.354 e. The fraction of sp³-hybridized carbons (Fsp3) is 0.923. The summed E-state index contributed by atoms with van der Waals surface area (Å²) in [7, 11) is 4.27. The highest BCUT2D eigenvalue weighted by molar-refractivity contribution is 5.85. The summed E-state index contributed by atoms with van der Waals surface area (Å²) >= 11 is 0. The molecule has 0 radical (unpaired) electrons. The van der Waals surface area contributed by atoms with Crippen LogP contribution in [-0.4, -0.2) is 37.0 Å². The maximum atomic E-state index is 11.5. The molecule has 1 fully saturated rings. The molecule has 0 aromatic carbocycles. The molecule has 1 saturated carbocycles. The van der Waals surface area contributed by atoms with Gasteiger partial charge in [-0.1, -0.05) is 26.2 Å². The summed E-state index contributed by atoms with van der Waals surface area (Å²) < 4.78 is 0. The number of halogens is 1. The monoisotopic (exact) mass is 262 g/mol. The van der Waals surface area contributed by atoms with Gasteiger partial charge < -0.3 is 10.2 Å². The van der Waals surface area contributed by atoms with E-state index in [4.69, 9.17) is 0 Å². The zero-order valence-electron chi connectivity index (χ0n) is 11.4. The smallest absolute Gasteiger partial charge is 0.220 e. The number of hydrogen-bond acceptors (Lipinski definition) is 2.